The van der Waals surface area contributed by atoms with Crippen molar-refractivity contribution < 1.29 is 4.74 Å². The molecule has 0 spiro atoms. The van der Waals surface area contributed by atoms with E-state index in [9.17, 15) is 0 Å². The zero-order valence-electron chi connectivity index (χ0n) is 17.8. The number of aryl methyl sites for hydroxylation is 3. The molecule has 0 fully saturated rings. The molecule has 27 heavy (non-hydrogen) atoms. The molecule has 0 aromatic carbocycles. The van der Waals surface area contributed by atoms with Crippen molar-refractivity contribution in [1.29, 1.82) is 0 Å². The van der Waals surface area contributed by atoms with E-state index in [2.05, 4.69) is 73.6 Å². The van der Waals surface area contributed by atoms with Crippen LogP contribution in [0, 0.1) is 13.8 Å². The fourth-order valence-corrected chi connectivity index (χ4v) is 3.18. The molecule has 3 aromatic heterocycles. The van der Waals surface area contributed by atoms with Gasteiger partial charge in [0.25, 0.3) is 0 Å². The fraction of sp³-hybridized carbons (Fsp3) is 0.455. The highest BCUT2D eigenvalue weighted by Crippen LogP contribution is 2.32. The number of pyridine rings is 2. The molecule has 5 heteroatoms. The van der Waals surface area contributed by atoms with Gasteiger partial charge in [-0.1, -0.05) is 13.8 Å². The zero-order valence-corrected chi connectivity index (χ0v) is 17.8. The van der Waals surface area contributed by atoms with Crippen molar-refractivity contribution in [2.75, 3.05) is 26.6 Å². The number of aromatic nitrogens is 3. The number of fused-ring (bicyclic) bond motifs is 1. The number of ether oxygens (including phenoxy) is 1. The van der Waals surface area contributed by atoms with Gasteiger partial charge in [-0.05, 0) is 56.0 Å². The first-order valence-corrected chi connectivity index (χ1v) is 9.44. The fourth-order valence-electron chi connectivity index (χ4n) is 3.18. The van der Waals surface area contributed by atoms with E-state index < -0.39 is 0 Å². The van der Waals surface area contributed by atoms with Crippen LogP contribution in [-0.4, -0.2) is 35.8 Å². The average molecular weight is 369 g/mol. The third kappa shape index (κ3) is 4.30. The Bertz CT molecular complexity index is 912. The van der Waals surface area contributed by atoms with E-state index in [1.54, 1.807) is 14.2 Å². The molecule has 0 radical (unpaired) electrons. The lowest BCUT2D eigenvalue weighted by Crippen LogP contribution is -2.02. The molecule has 3 heterocycles. The second kappa shape index (κ2) is 9.00. The van der Waals surface area contributed by atoms with Gasteiger partial charge in [0.2, 0.25) is 0 Å². The highest BCUT2D eigenvalue weighted by atomic mass is 16.4. The van der Waals surface area contributed by atoms with Gasteiger partial charge in [0, 0.05) is 45.3 Å². The molecule has 3 rings (SSSR count). The molecular formula is C22H32N4O. The highest BCUT2D eigenvalue weighted by Gasteiger charge is 2.15. The van der Waals surface area contributed by atoms with Gasteiger partial charge in [0.1, 0.15) is 5.82 Å². The lowest BCUT2D eigenvalue weighted by atomic mass is 10.0. The maximum absolute atomic E-state index is 5.00. The molecule has 0 unspecified atom stereocenters. The summed E-state index contributed by atoms with van der Waals surface area (Å²) in [5, 5.41) is 3.24. The largest absolute Gasteiger partial charge is 0.388 e. The van der Waals surface area contributed by atoms with Crippen LogP contribution in [0.3, 0.4) is 0 Å². The van der Waals surface area contributed by atoms with Gasteiger partial charge in [-0.2, -0.15) is 0 Å². The number of methoxy groups -OCH3 is 1. The van der Waals surface area contributed by atoms with Crippen LogP contribution < -0.4 is 5.32 Å². The van der Waals surface area contributed by atoms with Crippen molar-refractivity contribution in [3.8, 4) is 11.3 Å². The van der Waals surface area contributed by atoms with Gasteiger partial charge in [0.05, 0.1) is 16.7 Å². The normalized spacial score (nSPS) is 10.9. The number of hydrogen-bond donors (Lipinski definition) is 1. The molecule has 0 saturated heterocycles. The molecule has 0 amide bonds. The number of anilines is 1. The van der Waals surface area contributed by atoms with E-state index in [1.165, 1.54) is 16.6 Å². The molecule has 0 aliphatic carbocycles. The van der Waals surface area contributed by atoms with E-state index >= 15 is 0 Å². The van der Waals surface area contributed by atoms with Crippen molar-refractivity contribution in [3.63, 3.8) is 0 Å². The summed E-state index contributed by atoms with van der Waals surface area (Å²) in [7, 11) is 5.17. The van der Waals surface area contributed by atoms with E-state index in [4.69, 9.17) is 9.97 Å². The van der Waals surface area contributed by atoms with Crippen molar-refractivity contribution in [3.05, 3.63) is 41.2 Å². The van der Waals surface area contributed by atoms with Gasteiger partial charge < -0.3 is 14.6 Å². The minimum absolute atomic E-state index is 0.406. The third-order valence-corrected chi connectivity index (χ3v) is 4.57. The van der Waals surface area contributed by atoms with E-state index in [0.29, 0.717) is 5.92 Å². The Hall–Kier alpha value is -2.40. The van der Waals surface area contributed by atoms with Crippen LogP contribution >= 0.6 is 0 Å². The summed E-state index contributed by atoms with van der Waals surface area (Å²) in [6.07, 6.45) is 2.18. The van der Waals surface area contributed by atoms with Crippen LogP contribution in [0.25, 0.3) is 22.3 Å². The summed E-state index contributed by atoms with van der Waals surface area (Å²) in [5.41, 5.74) is 7.82. The standard InChI is InChI=1S/C20H26N4.C2H6O/c1-7-24-11-14(5)19-17(24)10-13(4)18(23-19)15-8-9-16(12(2)3)22-20(15)21-6;1-3-2/h8-12H,7H2,1-6H3,(H,21,22);1-2H3. The van der Waals surface area contributed by atoms with Crippen molar-refractivity contribution in [2.45, 2.75) is 47.1 Å². The number of nitrogens with one attached hydrogen (secondary N) is 1. The molecule has 1 N–H and O–H groups in total. The topological polar surface area (TPSA) is 52.0 Å². The van der Waals surface area contributed by atoms with Crippen LogP contribution in [0.5, 0.6) is 0 Å². The number of nitrogens with zero attached hydrogens (tertiary/aromatic N) is 3. The Morgan fingerprint density at radius 3 is 2.33 bits per heavy atom. The molecule has 0 aliphatic rings. The summed E-state index contributed by atoms with van der Waals surface area (Å²) in [5.74, 6) is 1.30. The van der Waals surface area contributed by atoms with Gasteiger partial charge in [-0.25, -0.2) is 9.97 Å². The first kappa shape index (κ1) is 20.9. The highest BCUT2D eigenvalue weighted by molar-refractivity contribution is 5.86. The van der Waals surface area contributed by atoms with Gasteiger partial charge >= 0.3 is 0 Å². The van der Waals surface area contributed by atoms with Crippen molar-refractivity contribution in [1.82, 2.24) is 14.5 Å². The summed E-state index contributed by atoms with van der Waals surface area (Å²) >= 11 is 0. The molecular weight excluding hydrogens is 336 g/mol. The first-order valence-electron chi connectivity index (χ1n) is 9.44. The molecule has 5 nitrogen and oxygen atoms in total. The molecule has 146 valence electrons. The van der Waals surface area contributed by atoms with Gasteiger partial charge in [-0.3, -0.25) is 0 Å². The smallest absolute Gasteiger partial charge is 0.135 e. The SMILES string of the molecule is CCn1cc(C)c2nc(-c3ccc(C(C)C)nc3NC)c(C)cc21.COC. The maximum Gasteiger partial charge on any atom is 0.135 e. The third-order valence-electron chi connectivity index (χ3n) is 4.57. The van der Waals surface area contributed by atoms with Gasteiger partial charge in [0.15, 0.2) is 0 Å². The summed E-state index contributed by atoms with van der Waals surface area (Å²) < 4.78 is 6.51. The van der Waals surface area contributed by atoms with Gasteiger partial charge in [-0.15, -0.1) is 0 Å². The van der Waals surface area contributed by atoms with Crippen LogP contribution in [0.1, 0.15) is 43.5 Å². The quantitative estimate of drug-likeness (QED) is 0.691. The number of rotatable bonds is 4. The van der Waals surface area contributed by atoms with E-state index in [-0.39, 0.29) is 0 Å². The lowest BCUT2D eigenvalue weighted by molar-refractivity contribution is 0.277. The van der Waals surface area contributed by atoms with Crippen molar-refractivity contribution >= 4 is 16.9 Å². The zero-order chi connectivity index (χ0) is 20.1. The number of hydrogen-bond acceptors (Lipinski definition) is 4. The minimum atomic E-state index is 0.406. The Morgan fingerprint density at radius 1 is 1.11 bits per heavy atom. The molecule has 0 atom stereocenters. The maximum atomic E-state index is 5.00. The monoisotopic (exact) mass is 368 g/mol. The molecule has 0 saturated carbocycles. The Labute approximate surface area is 162 Å². The Kier molecular flexibility index (Phi) is 6.97. The second-order valence-corrected chi connectivity index (χ2v) is 7.06. The predicted molar refractivity (Wildman–Crippen MR) is 115 cm³/mol. The van der Waals surface area contributed by atoms with Crippen LogP contribution in [0.15, 0.2) is 24.4 Å². The summed E-state index contributed by atoms with van der Waals surface area (Å²) in [6.45, 7) is 11.7. The van der Waals surface area contributed by atoms with E-state index in [0.717, 1.165) is 34.8 Å². The Balaban J connectivity index is 0.000000817. The van der Waals surface area contributed by atoms with Crippen LogP contribution in [0.2, 0.25) is 0 Å². The first-order chi connectivity index (χ1) is 12.9. The summed E-state index contributed by atoms with van der Waals surface area (Å²) in [4.78, 5) is 9.77. The minimum Gasteiger partial charge on any atom is -0.388 e. The average Bonchev–Trinajstić information content (AvgIpc) is 2.96. The van der Waals surface area contributed by atoms with Crippen molar-refractivity contribution in [2.24, 2.45) is 0 Å². The van der Waals surface area contributed by atoms with Crippen LogP contribution in [-0.2, 0) is 11.3 Å². The predicted octanol–water partition coefficient (Wildman–Crippen LogP) is 5.16. The molecule has 0 bridgehead atoms. The summed E-state index contributed by atoms with van der Waals surface area (Å²) in [6, 6.07) is 6.49. The van der Waals surface area contributed by atoms with E-state index in [1.807, 2.05) is 7.05 Å². The molecule has 0 aliphatic heterocycles. The van der Waals surface area contributed by atoms with Crippen LogP contribution in [0.4, 0.5) is 5.82 Å². The molecule has 3 aromatic rings. The Morgan fingerprint density at radius 2 is 1.78 bits per heavy atom. The second-order valence-electron chi connectivity index (χ2n) is 7.06. The lowest BCUT2D eigenvalue weighted by Gasteiger charge is -2.14.